The van der Waals surface area contributed by atoms with Crippen LogP contribution in [0.15, 0.2) is 79.9 Å². The van der Waals surface area contributed by atoms with Gasteiger partial charge in [0, 0.05) is 13.0 Å². The SMILES string of the molecule is C=CCCC(=O)NC[C@H](OC(=O)[C@@H]1[C@@H]2CC[C@]3(O2)[C@H](C(=O)N(CC=C)Cn2nnc4ccccc42)N([C@@H](CO)CC(C)C)C(=O)[C@@H]13)c1ccccc1. The molecule has 2 bridgehead atoms. The van der Waals surface area contributed by atoms with Crippen molar-refractivity contribution in [3.63, 3.8) is 0 Å². The average molecular weight is 713 g/mol. The Hall–Kier alpha value is -4.88. The first kappa shape index (κ1) is 36.9. The van der Waals surface area contributed by atoms with E-state index in [9.17, 15) is 24.3 Å². The van der Waals surface area contributed by atoms with Crippen LogP contribution in [0.4, 0.5) is 0 Å². The first-order chi connectivity index (χ1) is 25.1. The lowest BCUT2D eigenvalue weighted by Gasteiger charge is -2.39. The number of hydrogen-bond donors (Lipinski definition) is 2. The normalized spacial score (nSPS) is 24.5. The summed E-state index contributed by atoms with van der Waals surface area (Å²) in [6, 6.07) is 14.7. The van der Waals surface area contributed by atoms with Crippen LogP contribution in [0.25, 0.3) is 11.0 Å². The molecule has 276 valence electrons. The van der Waals surface area contributed by atoms with Crippen LogP contribution >= 0.6 is 0 Å². The Labute approximate surface area is 303 Å². The van der Waals surface area contributed by atoms with Crippen LogP contribution < -0.4 is 5.32 Å². The van der Waals surface area contributed by atoms with Crippen LogP contribution in [-0.2, 0) is 35.3 Å². The summed E-state index contributed by atoms with van der Waals surface area (Å²) < 4.78 is 14.5. The Morgan fingerprint density at radius 1 is 1.13 bits per heavy atom. The van der Waals surface area contributed by atoms with Crippen molar-refractivity contribution >= 4 is 34.7 Å². The maximum Gasteiger partial charge on any atom is 0.313 e. The molecule has 3 aromatic rings. The van der Waals surface area contributed by atoms with E-state index >= 15 is 0 Å². The summed E-state index contributed by atoms with van der Waals surface area (Å²) >= 11 is 0. The summed E-state index contributed by atoms with van der Waals surface area (Å²) in [5.41, 5.74) is 0.770. The van der Waals surface area contributed by atoms with Crippen molar-refractivity contribution in [2.45, 2.75) is 82.5 Å². The van der Waals surface area contributed by atoms with Crippen LogP contribution in [0.5, 0.6) is 0 Å². The molecule has 0 aliphatic carbocycles. The fourth-order valence-electron chi connectivity index (χ4n) is 8.22. The first-order valence-corrected chi connectivity index (χ1v) is 18.0. The maximum atomic E-state index is 14.9. The zero-order chi connectivity index (χ0) is 37.0. The second kappa shape index (κ2) is 15.8. The van der Waals surface area contributed by atoms with Gasteiger partial charge in [-0.2, -0.15) is 0 Å². The minimum atomic E-state index is -1.32. The molecule has 1 aromatic heterocycles. The largest absolute Gasteiger partial charge is 0.455 e. The number of aromatic nitrogens is 3. The Morgan fingerprint density at radius 3 is 2.60 bits per heavy atom. The van der Waals surface area contributed by atoms with Crippen molar-refractivity contribution in [3.8, 4) is 0 Å². The van der Waals surface area contributed by atoms with E-state index in [-0.39, 0.29) is 44.6 Å². The van der Waals surface area contributed by atoms with Crippen molar-refractivity contribution in [3.05, 3.63) is 85.5 Å². The van der Waals surface area contributed by atoms with Gasteiger partial charge in [0.05, 0.1) is 42.6 Å². The number of aliphatic hydroxyl groups excluding tert-OH is 1. The predicted octanol–water partition coefficient (Wildman–Crippen LogP) is 3.55. The van der Waals surface area contributed by atoms with Gasteiger partial charge in [-0.25, -0.2) is 4.68 Å². The van der Waals surface area contributed by atoms with E-state index in [4.69, 9.17) is 9.47 Å². The summed E-state index contributed by atoms with van der Waals surface area (Å²) in [4.78, 5) is 59.6. The Kier molecular flexibility index (Phi) is 11.2. The number of esters is 1. The standard InChI is InChI=1S/C39H48N6O7/c1-5-7-17-32(47)40-22-31(26-13-9-8-10-14-26)51-38(50)33-30-18-19-39(52-30)34(33)36(48)45(27(23-46)21-25(3)4)35(39)37(49)43(20-6-2)24-44-29-16-12-11-15-28(29)41-42-44/h5-6,8-16,25,27,30-31,33-35,46H,1-2,7,17-24H2,3-4H3,(H,40,47)/t27-,30+,31+,33-,34-,35+,39-/m1/s1. The number of ether oxygens (including phenoxy) is 2. The van der Waals surface area contributed by atoms with E-state index in [1.165, 1.54) is 4.90 Å². The average Bonchev–Trinajstić information content (AvgIpc) is 3.90. The molecule has 2 aromatic carbocycles. The number of amides is 3. The highest BCUT2D eigenvalue weighted by Crippen LogP contribution is 2.59. The molecule has 7 atom stereocenters. The number of nitrogens with zero attached hydrogens (tertiary/aromatic N) is 5. The summed E-state index contributed by atoms with van der Waals surface area (Å²) in [6.07, 6.45) is 3.81. The van der Waals surface area contributed by atoms with Crippen molar-refractivity contribution in [1.82, 2.24) is 30.1 Å². The fourth-order valence-corrected chi connectivity index (χ4v) is 8.22. The minimum Gasteiger partial charge on any atom is -0.455 e. The van der Waals surface area contributed by atoms with Crippen LogP contribution in [0.2, 0.25) is 0 Å². The molecule has 13 heteroatoms. The Bertz CT molecular complexity index is 1800. The molecule has 3 saturated heterocycles. The third kappa shape index (κ3) is 6.99. The number of carbonyl (C=O) groups excluding carboxylic acids is 4. The number of benzene rings is 2. The number of hydrogen-bond acceptors (Lipinski definition) is 9. The quantitative estimate of drug-likeness (QED) is 0.158. The van der Waals surface area contributed by atoms with E-state index in [0.29, 0.717) is 36.8 Å². The van der Waals surface area contributed by atoms with Crippen molar-refractivity contribution in [2.24, 2.45) is 17.8 Å². The number of carbonyl (C=O) groups is 4. The number of likely N-dealkylation sites (tertiary alicyclic amines) is 1. The van der Waals surface area contributed by atoms with E-state index in [1.807, 2.05) is 68.4 Å². The van der Waals surface area contributed by atoms with Gasteiger partial charge in [0.1, 0.15) is 29.9 Å². The molecule has 3 amide bonds. The molecule has 3 aliphatic heterocycles. The lowest BCUT2D eigenvalue weighted by atomic mass is 9.70. The summed E-state index contributed by atoms with van der Waals surface area (Å²) in [5.74, 6) is -3.55. The van der Waals surface area contributed by atoms with Gasteiger partial charge in [-0.3, -0.25) is 19.2 Å². The molecule has 3 fully saturated rings. The van der Waals surface area contributed by atoms with Gasteiger partial charge in [-0.05, 0) is 49.3 Å². The second-order valence-electron chi connectivity index (χ2n) is 14.3. The van der Waals surface area contributed by atoms with Crippen LogP contribution in [0, 0.1) is 17.8 Å². The Balaban J connectivity index is 1.33. The van der Waals surface area contributed by atoms with E-state index in [2.05, 4.69) is 28.8 Å². The molecule has 3 aliphatic rings. The number of fused-ring (bicyclic) bond motifs is 2. The molecule has 0 radical (unpaired) electrons. The van der Waals surface area contributed by atoms with Crippen molar-refractivity contribution < 1.29 is 33.8 Å². The highest BCUT2D eigenvalue weighted by Gasteiger charge is 2.75. The lowest BCUT2D eigenvalue weighted by Crippen LogP contribution is -2.59. The molecule has 6 rings (SSSR count). The van der Waals surface area contributed by atoms with Crippen LogP contribution in [0.1, 0.15) is 57.6 Å². The van der Waals surface area contributed by atoms with Gasteiger partial charge in [-0.1, -0.05) is 73.7 Å². The van der Waals surface area contributed by atoms with Gasteiger partial charge in [0.25, 0.3) is 0 Å². The smallest absolute Gasteiger partial charge is 0.313 e. The summed E-state index contributed by atoms with van der Waals surface area (Å²) in [6.45, 7) is 11.4. The molecule has 13 nitrogen and oxygen atoms in total. The number of aliphatic hydroxyl groups is 1. The zero-order valence-corrected chi connectivity index (χ0v) is 29.8. The zero-order valence-electron chi connectivity index (χ0n) is 29.8. The third-order valence-electron chi connectivity index (χ3n) is 10.5. The molecule has 2 N–H and O–H groups in total. The number of allylic oxidation sites excluding steroid dienone is 1. The van der Waals surface area contributed by atoms with Crippen molar-refractivity contribution in [2.75, 3.05) is 19.7 Å². The van der Waals surface area contributed by atoms with Gasteiger partial charge >= 0.3 is 5.97 Å². The first-order valence-electron chi connectivity index (χ1n) is 18.0. The second-order valence-corrected chi connectivity index (χ2v) is 14.3. The summed E-state index contributed by atoms with van der Waals surface area (Å²) in [7, 11) is 0. The molecular formula is C39H48N6O7. The molecule has 52 heavy (non-hydrogen) atoms. The monoisotopic (exact) mass is 712 g/mol. The maximum absolute atomic E-state index is 14.9. The highest BCUT2D eigenvalue weighted by atomic mass is 16.6. The third-order valence-corrected chi connectivity index (χ3v) is 10.5. The summed E-state index contributed by atoms with van der Waals surface area (Å²) in [5, 5.41) is 22.1. The van der Waals surface area contributed by atoms with Crippen LogP contribution in [-0.4, -0.2) is 97.1 Å². The van der Waals surface area contributed by atoms with E-state index in [1.54, 1.807) is 21.7 Å². The van der Waals surface area contributed by atoms with Crippen molar-refractivity contribution in [1.29, 1.82) is 0 Å². The van der Waals surface area contributed by atoms with E-state index < -0.39 is 59.5 Å². The van der Waals surface area contributed by atoms with Gasteiger partial charge < -0.3 is 29.7 Å². The number of rotatable bonds is 17. The van der Waals surface area contributed by atoms with E-state index in [0.717, 1.165) is 5.52 Å². The minimum absolute atomic E-state index is 0.0325. The predicted molar refractivity (Wildman–Crippen MR) is 192 cm³/mol. The van der Waals surface area contributed by atoms with Gasteiger partial charge in [0.15, 0.2) is 0 Å². The molecule has 1 spiro atoms. The van der Waals surface area contributed by atoms with Crippen LogP contribution in [0.3, 0.4) is 0 Å². The molecule has 4 heterocycles. The fraction of sp³-hybridized carbons (Fsp3) is 0.487. The number of nitrogens with one attached hydrogen (secondary N) is 1. The topological polar surface area (TPSA) is 156 Å². The highest BCUT2D eigenvalue weighted by molar-refractivity contribution is 5.98. The lowest BCUT2D eigenvalue weighted by molar-refractivity contribution is -0.161. The van der Waals surface area contributed by atoms with Gasteiger partial charge in [0.2, 0.25) is 17.7 Å². The molecule has 0 unspecified atom stereocenters. The number of para-hydroxylation sites is 1. The Morgan fingerprint density at radius 2 is 1.88 bits per heavy atom. The molecule has 0 saturated carbocycles. The van der Waals surface area contributed by atoms with Gasteiger partial charge in [-0.15, -0.1) is 18.3 Å². The molecular weight excluding hydrogens is 664 g/mol.